The zero-order valence-electron chi connectivity index (χ0n) is 9.49. The number of hydrogen-bond acceptors (Lipinski definition) is 1. The maximum Gasteiger partial charge on any atom is 0.122 e. The quantitative estimate of drug-likeness (QED) is 0.506. The summed E-state index contributed by atoms with van der Waals surface area (Å²) in [4.78, 5) is 0. The van der Waals surface area contributed by atoms with Crippen molar-refractivity contribution >= 4 is 14.0 Å². The van der Waals surface area contributed by atoms with Gasteiger partial charge in [0.15, 0.2) is 0 Å². The highest BCUT2D eigenvalue weighted by Crippen LogP contribution is 1.93. The molecule has 1 nitrogen and oxygen atoms in total. The van der Waals surface area contributed by atoms with Gasteiger partial charge in [-0.3, -0.25) is 0 Å². The van der Waals surface area contributed by atoms with Crippen LogP contribution in [0, 0.1) is 0 Å². The Hall–Kier alpha value is -0.863. The van der Waals surface area contributed by atoms with Gasteiger partial charge >= 0.3 is 0 Å². The van der Waals surface area contributed by atoms with Crippen LogP contribution >= 0.6 is 0 Å². The number of unbranched alkanes of at least 4 members (excludes halogenated alkanes) is 1. The highest BCUT2D eigenvalue weighted by Gasteiger charge is 2.08. The first-order valence-corrected chi connectivity index (χ1v) is 7.69. The van der Waals surface area contributed by atoms with Crippen LogP contribution in [0.3, 0.4) is 0 Å². The van der Waals surface area contributed by atoms with Gasteiger partial charge in [-0.1, -0.05) is 54.6 Å². The highest BCUT2D eigenvalue weighted by atomic mass is 28.3. The average Bonchev–Trinajstić information content (AvgIpc) is 2.30. The van der Waals surface area contributed by atoms with Gasteiger partial charge in [-0.15, -0.1) is 6.58 Å². The number of hydrogen-bond donors (Lipinski definition) is 0. The summed E-state index contributed by atoms with van der Waals surface area (Å²) in [5.41, 5.74) is 2.10. The van der Waals surface area contributed by atoms with E-state index in [1.807, 2.05) is 0 Å². The summed E-state index contributed by atoms with van der Waals surface area (Å²) < 4.78 is 5.67. The molecule has 0 saturated heterocycles. The Kier molecular flexibility index (Phi) is 6.05. The van der Waals surface area contributed by atoms with E-state index in [0.717, 1.165) is 19.3 Å². The van der Waals surface area contributed by atoms with Crippen LogP contribution in [0.1, 0.15) is 19.8 Å². The molecule has 0 N–H and O–H groups in total. The van der Waals surface area contributed by atoms with Crippen molar-refractivity contribution in [2.75, 3.05) is 12.8 Å². The smallest absolute Gasteiger partial charge is 0.122 e. The van der Waals surface area contributed by atoms with Crippen molar-refractivity contribution in [3.05, 3.63) is 42.6 Å². The van der Waals surface area contributed by atoms with Crippen LogP contribution in [0.4, 0.5) is 0 Å². The Bertz CT molecular complexity index is 271. The molecule has 0 saturated carbocycles. The normalized spacial score (nSPS) is 12.3. The van der Waals surface area contributed by atoms with Crippen molar-refractivity contribution in [1.29, 1.82) is 0 Å². The molecule has 1 aromatic carbocycles. The first-order chi connectivity index (χ1) is 7.38. The predicted octanol–water partition coefficient (Wildman–Crippen LogP) is 2.20. The summed E-state index contributed by atoms with van der Waals surface area (Å²) in [6.07, 6.45) is 3.24. The maximum absolute atomic E-state index is 5.67. The molecule has 0 amide bonds. The Balaban J connectivity index is 2.39. The van der Waals surface area contributed by atoms with Crippen LogP contribution in [0.5, 0.6) is 0 Å². The first kappa shape index (κ1) is 12.2. The molecule has 0 aliphatic carbocycles. The molecule has 15 heavy (non-hydrogen) atoms. The van der Waals surface area contributed by atoms with Crippen molar-refractivity contribution in [2.45, 2.75) is 19.8 Å². The lowest BCUT2D eigenvalue weighted by molar-refractivity contribution is 0.172. The van der Waals surface area contributed by atoms with Crippen molar-refractivity contribution in [3.63, 3.8) is 0 Å². The third kappa shape index (κ3) is 4.45. The summed E-state index contributed by atoms with van der Waals surface area (Å²) in [6, 6.07) is 10.6. The molecule has 0 radical (unpaired) electrons. The van der Waals surface area contributed by atoms with E-state index in [4.69, 9.17) is 4.74 Å². The molecular formula is C13H20OSi. The molecule has 0 bridgehead atoms. The molecule has 0 spiro atoms. The summed E-state index contributed by atoms with van der Waals surface area (Å²) >= 11 is 0. The van der Waals surface area contributed by atoms with Crippen LogP contribution in [0.15, 0.2) is 42.6 Å². The van der Waals surface area contributed by atoms with Crippen LogP contribution in [-0.4, -0.2) is 21.6 Å². The van der Waals surface area contributed by atoms with E-state index in [1.165, 1.54) is 11.6 Å². The van der Waals surface area contributed by atoms with E-state index in [0.29, 0.717) is 0 Å². The molecule has 0 aliphatic heterocycles. The molecule has 0 heterocycles. The van der Waals surface area contributed by atoms with Gasteiger partial charge in [0.05, 0.1) is 0 Å². The molecule has 0 aliphatic rings. The average molecular weight is 220 g/mol. The van der Waals surface area contributed by atoms with E-state index in [-0.39, 0.29) is 0 Å². The standard InChI is InChI=1S/C13H20OSi/c1-3-5-11-14-12-15(4-2)13-9-7-6-8-10-13/h4,6-10,15H,2-3,5,11-12H2,1H3. The fourth-order valence-electron chi connectivity index (χ4n) is 1.46. The van der Waals surface area contributed by atoms with Crippen LogP contribution in [0.25, 0.3) is 0 Å². The van der Waals surface area contributed by atoms with Gasteiger partial charge in [-0.05, 0) is 6.42 Å². The minimum Gasteiger partial charge on any atom is -0.384 e. The van der Waals surface area contributed by atoms with Crippen molar-refractivity contribution < 1.29 is 4.74 Å². The number of benzene rings is 1. The molecule has 1 unspecified atom stereocenters. The Morgan fingerprint density at radius 2 is 2.07 bits per heavy atom. The van der Waals surface area contributed by atoms with E-state index >= 15 is 0 Å². The van der Waals surface area contributed by atoms with E-state index in [9.17, 15) is 0 Å². The molecule has 1 rings (SSSR count). The van der Waals surface area contributed by atoms with Crippen molar-refractivity contribution in [1.82, 2.24) is 0 Å². The van der Waals surface area contributed by atoms with E-state index in [1.54, 1.807) is 0 Å². The second kappa shape index (κ2) is 7.43. The first-order valence-electron chi connectivity index (χ1n) is 5.63. The lowest BCUT2D eigenvalue weighted by Gasteiger charge is -2.11. The Labute approximate surface area is 94.4 Å². The minimum absolute atomic E-state index is 0.882. The molecule has 0 aromatic heterocycles. The molecule has 82 valence electrons. The van der Waals surface area contributed by atoms with Crippen molar-refractivity contribution in [3.8, 4) is 0 Å². The van der Waals surface area contributed by atoms with Gasteiger partial charge in [0, 0.05) is 12.8 Å². The third-order valence-electron chi connectivity index (χ3n) is 2.45. The zero-order valence-corrected chi connectivity index (χ0v) is 10.6. The van der Waals surface area contributed by atoms with E-state index in [2.05, 4.69) is 49.5 Å². The fourth-order valence-corrected chi connectivity index (χ4v) is 3.20. The second-order valence-corrected chi connectivity index (χ2v) is 6.37. The van der Waals surface area contributed by atoms with Gasteiger partial charge in [0.25, 0.3) is 0 Å². The summed E-state index contributed by atoms with van der Waals surface area (Å²) in [6.45, 7) is 6.99. The lowest BCUT2D eigenvalue weighted by atomic mass is 10.4. The summed E-state index contributed by atoms with van der Waals surface area (Å²) in [7, 11) is -1.07. The van der Waals surface area contributed by atoms with Gasteiger partial charge < -0.3 is 4.74 Å². The van der Waals surface area contributed by atoms with Crippen LogP contribution in [0.2, 0.25) is 0 Å². The SMILES string of the molecule is C=C[SiH](COCCCC)c1ccccc1. The third-order valence-corrected chi connectivity index (χ3v) is 4.86. The molecule has 2 heteroatoms. The highest BCUT2D eigenvalue weighted by molar-refractivity contribution is 6.77. The van der Waals surface area contributed by atoms with Gasteiger partial charge in [-0.25, -0.2) is 0 Å². The zero-order chi connectivity index (χ0) is 10.9. The molecule has 1 aromatic rings. The van der Waals surface area contributed by atoms with Crippen LogP contribution in [-0.2, 0) is 4.74 Å². The molecule has 1 atom stereocenters. The van der Waals surface area contributed by atoms with Gasteiger partial charge in [0.1, 0.15) is 8.80 Å². The maximum atomic E-state index is 5.67. The molecular weight excluding hydrogens is 200 g/mol. The summed E-state index contributed by atoms with van der Waals surface area (Å²) in [5.74, 6) is 0. The largest absolute Gasteiger partial charge is 0.384 e. The monoisotopic (exact) mass is 220 g/mol. The number of ether oxygens (including phenoxy) is 1. The Morgan fingerprint density at radius 1 is 1.33 bits per heavy atom. The Morgan fingerprint density at radius 3 is 2.67 bits per heavy atom. The molecule has 0 fully saturated rings. The van der Waals surface area contributed by atoms with Crippen molar-refractivity contribution in [2.24, 2.45) is 0 Å². The minimum atomic E-state index is -1.07. The summed E-state index contributed by atoms with van der Waals surface area (Å²) in [5, 5.41) is 1.42. The lowest BCUT2D eigenvalue weighted by Crippen LogP contribution is -2.33. The number of rotatable bonds is 7. The van der Waals surface area contributed by atoms with Gasteiger partial charge in [0.2, 0.25) is 0 Å². The van der Waals surface area contributed by atoms with Crippen LogP contribution < -0.4 is 5.19 Å². The van der Waals surface area contributed by atoms with E-state index < -0.39 is 8.80 Å². The second-order valence-electron chi connectivity index (χ2n) is 3.68. The topological polar surface area (TPSA) is 9.23 Å². The predicted molar refractivity (Wildman–Crippen MR) is 69.1 cm³/mol. The fraction of sp³-hybridized carbons (Fsp3) is 0.385. The van der Waals surface area contributed by atoms with Gasteiger partial charge in [-0.2, -0.15) is 0 Å².